The third-order valence-corrected chi connectivity index (χ3v) is 4.73. The van der Waals surface area contributed by atoms with Crippen LogP contribution in [0.5, 0.6) is 0 Å². The second-order valence-electron chi connectivity index (χ2n) is 5.64. The van der Waals surface area contributed by atoms with Gasteiger partial charge in [0.1, 0.15) is 10.7 Å². The molecule has 0 aromatic carbocycles. The molecule has 1 aromatic heterocycles. The lowest BCUT2D eigenvalue weighted by Crippen LogP contribution is -2.48. The van der Waals surface area contributed by atoms with Gasteiger partial charge in [0, 0.05) is 32.1 Å². The Morgan fingerprint density at radius 3 is 2.81 bits per heavy atom. The number of amides is 2. The van der Waals surface area contributed by atoms with E-state index in [0.717, 1.165) is 12.8 Å². The van der Waals surface area contributed by atoms with Crippen LogP contribution in [0.1, 0.15) is 35.4 Å². The van der Waals surface area contributed by atoms with Gasteiger partial charge < -0.3 is 21.3 Å². The second kappa shape index (κ2) is 5.51. The molecule has 1 aliphatic carbocycles. The van der Waals surface area contributed by atoms with Crippen LogP contribution < -0.4 is 16.4 Å². The van der Waals surface area contributed by atoms with E-state index in [2.05, 4.69) is 15.6 Å². The van der Waals surface area contributed by atoms with E-state index in [1.165, 1.54) is 11.3 Å². The third kappa shape index (κ3) is 3.26. The van der Waals surface area contributed by atoms with Crippen molar-refractivity contribution >= 4 is 34.1 Å². The van der Waals surface area contributed by atoms with Gasteiger partial charge in [-0.1, -0.05) is 11.3 Å². The summed E-state index contributed by atoms with van der Waals surface area (Å²) in [5.74, 6) is 0.177. The number of aromatic nitrogens is 1. The summed E-state index contributed by atoms with van der Waals surface area (Å²) in [6.45, 7) is 0.538. The fraction of sp³-hybridized carbons (Fsp3) is 0.615. The maximum absolute atomic E-state index is 12.3. The first-order chi connectivity index (χ1) is 10.0. The molecule has 2 heterocycles. The molecular weight excluding hydrogens is 290 g/mol. The van der Waals surface area contributed by atoms with Gasteiger partial charge in [-0.05, 0) is 19.3 Å². The Labute approximate surface area is 126 Å². The van der Waals surface area contributed by atoms with Gasteiger partial charge in [-0.2, -0.15) is 0 Å². The molecule has 1 saturated carbocycles. The average molecular weight is 309 g/mol. The van der Waals surface area contributed by atoms with Crippen molar-refractivity contribution in [2.45, 2.75) is 37.8 Å². The molecule has 8 heteroatoms. The zero-order valence-corrected chi connectivity index (χ0v) is 12.7. The highest BCUT2D eigenvalue weighted by molar-refractivity contribution is 7.18. The van der Waals surface area contributed by atoms with Crippen LogP contribution in [0.3, 0.4) is 0 Å². The molecule has 2 aliphatic rings. The summed E-state index contributed by atoms with van der Waals surface area (Å²) in [4.78, 5) is 30.0. The molecule has 1 saturated heterocycles. The van der Waals surface area contributed by atoms with E-state index in [0.29, 0.717) is 35.4 Å². The van der Waals surface area contributed by atoms with Crippen LogP contribution >= 0.6 is 11.3 Å². The van der Waals surface area contributed by atoms with Crippen molar-refractivity contribution in [1.29, 1.82) is 0 Å². The number of hydrogen-bond donors (Lipinski definition) is 3. The summed E-state index contributed by atoms with van der Waals surface area (Å²) in [5.41, 5.74) is 5.83. The van der Waals surface area contributed by atoms with Crippen molar-refractivity contribution < 1.29 is 9.59 Å². The average Bonchev–Trinajstić information content (AvgIpc) is 3.16. The zero-order chi connectivity index (χ0) is 15.0. The van der Waals surface area contributed by atoms with E-state index in [1.54, 1.807) is 11.9 Å². The Morgan fingerprint density at radius 2 is 2.14 bits per heavy atom. The summed E-state index contributed by atoms with van der Waals surface area (Å²) in [6, 6.07) is 0.450. The first-order valence-corrected chi connectivity index (χ1v) is 7.92. The minimum Gasteiger partial charge on any atom is -0.382 e. The van der Waals surface area contributed by atoms with Gasteiger partial charge in [0.2, 0.25) is 5.91 Å². The molecule has 0 spiro atoms. The van der Waals surface area contributed by atoms with Crippen molar-refractivity contribution in [3.05, 3.63) is 4.88 Å². The lowest BCUT2D eigenvalue weighted by atomic mass is 10.1. The molecular formula is C13H19N5O2S. The number of carbonyl (C=O) groups is 2. The molecule has 1 aliphatic heterocycles. The van der Waals surface area contributed by atoms with Gasteiger partial charge in [0.15, 0.2) is 5.13 Å². The maximum atomic E-state index is 12.3. The number of hydrogen-bond acceptors (Lipinski definition) is 6. The molecule has 1 atom stereocenters. The largest absolute Gasteiger partial charge is 0.382 e. The molecule has 21 heavy (non-hydrogen) atoms. The van der Waals surface area contributed by atoms with E-state index >= 15 is 0 Å². The highest BCUT2D eigenvalue weighted by Crippen LogP contribution is 2.30. The molecule has 0 bridgehead atoms. The molecule has 114 valence electrons. The molecule has 0 radical (unpaired) electrons. The highest BCUT2D eigenvalue weighted by atomic mass is 32.1. The minimum absolute atomic E-state index is 0.0264. The summed E-state index contributed by atoms with van der Waals surface area (Å²) in [5, 5.41) is 6.89. The smallest absolute Gasteiger partial charge is 0.265 e. The van der Waals surface area contributed by atoms with Crippen LogP contribution in [0.4, 0.5) is 10.9 Å². The number of nitrogens with one attached hydrogen (secondary N) is 2. The normalized spacial score (nSPS) is 22.2. The van der Waals surface area contributed by atoms with E-state index in [-0.39, 0.29) is 23.7 Å². The number of nitrogens with two attached hydrogens (primary N) is 1. The maximum Gasteiger partial charge on any atom is 0.265 e. The number of anilines is 2. The van der Waals surface area contributed by atoms with Crippen molar-refractivity contribution in [3.8, 4) is 0 Å². The van der Waals surface area contributed by atoms with Gasteiger partial charge in [0.25, 0.3) is 5.91 Å². The van der Waals surface area contributed by atoms with Gasteiger partial charge in [0.05, 0.1) is 0 Å². The van der Waals surface area contributed by atoms with Gasteiger partial charge in [-0.25, -0.2) is 4.98 Å². The number of likely N-dealkylation sites (N-methyl/N-ethyl adjacent to an activating group) is 1. The zero-order valence-electron chi connectivity index (χ0n) is 11.9. The van der Waals surface area contributed by atoms with Crippen LogP contribution in [0.25, 0.3) is 0 Å². The first kappa shape index (κ1) is 14.1. The van der Waals surface area contributed by atoms with Crippen molar-refractivity contribution in [1.82, 2.24) is 15.2 Å². The van der Waals surface area contributed by atoms with E-state index in [4.69, 9.17) is 5.73 Å². The summed E-state index contributed by atoms with van der Waals surface area (Å²) in [6.07, 6.45) is 3.42. The first-order valence-electron chi connectivity index (χ1n) is 7.10. The van der Waals surface area contributed by atoms with Crippen LogP contribution in [0.2, 0.25) is 0 Å². The number of nitrogens with zero attached hydrogens (tertiary/aromatic N) is 2. The second-order valence-corrected chi connectivity index (χ2v) is 6.63. The molecule has 4 N–H and O–H groups in total. The number of thiazole rings is 1. The lowest BCUT2D eigenvalue weighted by molar-refractivity contribution is -0.132. The summed E-state index contributed by atoms with van der Waals surface area (Å²) < 4.78 is 0. The predicted octanol–water partition coefficient (Wildman–Crippen LogP) is 0.650. The van der Waals surface area contributed by atoms with Crippen molar-refractivity contribution in [2.75, 3.05) is 24.6 Å². The quantitative estimate of drug-likeness (QED) is 0.758. The Morgan fingerprint density at radius 1 is 1.38 bits per heavy atom. The van der Waals surface area contributed by atoms with Gasteiger partial charge in [-0.15, -0.1) is 0 Å². The molecule has 2 amide bonds. The fourth-order valence-electron chi connectivity index (χ4n) is 2.34. The Balaban J connectivity index is 1.62. The van der Waals surface area contributed by atoms with Crippen LogP contribution in [0.15, 0.2) is 0 Å². The summed E-state index contributed by atoms with van der Waals surface area (Å²) >= 11 is 1.29. The molecule has 7 nitrogen and oxygen atoms in total. The van der Waals surface area contributed by atoms with Crippen LogP contribution in [-0.2, 0) is 4.79 Å². The number of likely N-dealkylation sites (tertiary alicyclic amines) is 1. The third-order valence-electron chi connectivity index (χ3n) is 3.73. The number of rotatable bonds is 4. The van der Waals surface area contributed by atoms with Gasteiger partial charge >= 0.3 is 0 Å². The standard InChI is InChI=1S/C13H19N5O2S/c1-18-6-8(4-5-9(18)19)15-12(20)10-11(14)17-13(21-10)16-7-2-3-7/h7-8H,2-6,14H2,1H3,(H,15,20)(H,16,17). The van der Waals surface area contributed by atoms with Gasteiger partial charge in [-0.3, -0.25) is 9.59 Å². The van der Waals surface area contributed by atoms with Crippen LogP contribution in [-0.4, -0.2) is 47.4 Å². The van der Waals surface area contributed by atoms with Crippen LogP contribution in [0, 0.1) is 0 Å². The van der Waals surface area contributed by atoms with Crippen molar-refractivity contribution in [2.24, 2.45) is 0 Å². The topological polar surface area (TPSA) is 100 Å². The Hall–Kier alpha value is -1.83. The predicted molar refractivity (Wildman–Crippen MR) is 81.3 cm³/mol. The molecule has 1 aromatic rings. The lowest BCUT2D eigenvalue weighted by Gasteiger charge is -2.29. The molecule has 2 fully saturated rings. The number of carbonyl (C=O) groups excluding carboxylic acids is 2. The Bertz CT molecular complexity index is 569. The molecule has 1 unspecified atom stereocenters. The monoisotopic (exact) mass is 309 g/mol. The number of piperidine rings is 1. The fourth-order valence-corrected chi connectivity index (χ4v) is 3.20. The van der Waals surface area contributed by atoms with E-state index < -0.39 is 0 Å². The van der Waals surface area contributed by atoms with E-state index in [9.17, 15) is 9.59 Å². The molecule has 3 rings (SSSR count). The SMILES string of the molecule is CN1CC(NC(=O)c2sc(NC3CC3)nc2N)CCC1=O. The van der Waals surface area contributed by atoms with Crippen molar-refractivity contribution in [3.63, 3.8) is 0 Å². The Kier molecular flexibility index (Phi) is 3.71. The number of nitrogen functional groups attached to an aromatic ring is 1. The minimum atomic E-state index is -0.207. The summed E-state index contributed by atoms with van der Waals surface area (Å²) in [7, 11) is 1.75. The highest BCUT2D eigenvalue weighted by Gasteiger charge is 2.27. The van der Waals surface area contributed by atoms with E-state index in [1.807, 2.05) is 0 Å².